The Balaban J connectivity index is 1.88. The molecule has 5 nitrogen and oxygen atoms in total. The van der Waals surface area contributed by atoms with Crippen LogP contribution in [0.25, 0.3) is 5.65 Å². The molecule has 0 saturated carbocycles. The number of nitrogens with zero attached hydrogens (tertiary/aromatic N) is 3. The summed E-state index contributed by atoms with van der Waals surface area (Å²) >= 11 is 3.62. The van der Waals surface area contributed by atoms with E-state index < -0.39 is 11.6 Å². The third-order valence-electron chi connectivity index (χ3n) is 5.30. The van der Waals surface area contributed by atoms with Crippen molar-refractivity contribution in [3.05, 3.63) is 70.1 Å². The van der Waals surface area contributed by atoms with E-state index >= 15 is 0 Å². The van der Waals surface area contributed by atoms with Gasteiger partial charge in [-0.05, 0) is 52.9 Å². The van der Waals surface area contributed by atoms with Gasteiger partial charge in [-0.25, -0.2) is 9.78 Å². The summed E-state index contributed by atoms with van der Waals surface area (Å²) in [4.78, 5) is 18.4. The Bertz CT molecular complexity index is 970. The first kappa shape index (κ1) is 17.1. The predicted octanol–water partition coefficient (Wildman–Crippen LogP) is 4.62. The Hall–Kier alpha value is -2.34. The van der Waals surface area contributed by atoms with E-state index in [1.807, 2.05) is 48.0 Å². The number of hydrogen-bond acceptors (Lipinski definition) is 2. The van der Waals surface area contributed by atoms with Gasteiger partial charge in [0.2, 0.25) is 0 Å². The minimum Gasteiger partial charge on any atom is -0.465 e. The zero-order valence-electron chi connectivity index (χ0n) is 14.5. The lowest BCUT2D eigenvalue weighted by atomic mass is 9.85. The van der Waals surface area contributed by atoms with Crippen LogP contribution in [0.3, 0.4) is 0 Å². The van der Waals surface area contributed by atoms with Crippen LogP contribution < -0.4 is 0 Å². The van der Waals surface area contributed by atoms with E-state index in [0.717, 1.165) is 39.8 Å². The maximum atomic E-state index is 12.0. The first-order valence-corrected chi connectivity index (χ1v) is 9.49. The highest BCUT2D eigenvalue weighted by Crippen LogP contribution is 2.42. The Labute approximate surface area is 160 Å². The van der Waals surface area contributed by atoms with Gasteiger partial charge in [-0.1, -0.05) is 30.3 Å². The van der Waals surface area contributed by atoms with Crippen molar-refractivity contribution >= 4 is 27.7 Å². The van der Waals surface area contributed by atoms with Crippen LogP contribution >= 0.6 is 15.9 Å². The minimum atomic E-state index is -0.884. The Morgan fingerprint density at radius 2 is 2.08 bits per heavy atom. The molecule has 1 atom stereocenters. The number of amides is 1. The number of hydrogen-bond donors (Lipinski definition) is 1. The summed E-state index contributed by atoms with van der Waals surface area (Å²) in [7, 11) is 0. The molecule has 2 aromatic heterocycles. The van der Waals surface area contributed by atoms with Gasteiger partial charge in [0, 0.05) is 25.4 Å². The predicted molar refractivity (Wildman–Crippen MR) is 103 cm³/mol. The second kappa shape index (κ2) is 6.43. The Kier molecular flexibility index (Phi) is 4.23. The van der Waals surface area contributed by atoms with Crippen LogP contribution in [0.15, 0.2) is 53.3 Å². The average Bonchev–Trinajstić information content (AvgIpc) is 3.24. The van der Waals surface area contributed by atoms with Gasteiger partial charge in [-0.15, -0.1) is 0 Å². The summed E-state index contributed by atoms with van der Waals surface area (Å²) in [6.07, 6.45) is 5.31. The van der Waals surface area contributed by atoms with Crippen LogP contribution in [0, 0.1) is 6.92 Å². The quantitative estimate of drug-likeness (QED) is 0.681. The maximum absolute atomic E-state index is 12.0. The summed E-state index contributed by atoms with van der Waals surface area (Å²) in [5.41, 5.74) is 3.23. The summed E-state index contributed by atoms with van der Waals surface area (Å²) in [6, 6.07) is 12.1. The summed E-state index contributed by atoms with van der Waals surface area (Å²) in [6.45, 7) is 2.56. The van der Waals surface area contributed by atoms with Crippen molar-refractivity contribution in [3.63, 3.8) is 0 Å². The number of fused-ring (bicyclic) bond motifs is 1. The summed E-state index contributed by atoms with van der Waals surface area (Å²) < 4.78 is 2.92. The molecule has 1 amide bonds. The van der Waals surface area contributed by atoms with Crippen LogP contribution in [-0.2, 0) is 12.0 Å². The molecule has 4 rings (SSSR count). The molecule has 1 saturated heterocycles. The van der Waals surface area contributed by atoms with E-state index in [9.17, 15) is 9.90 Å². The first-order chi connectivity index (χ1) is 12.5. The monoisotopic (exact) mass is 413 g/mol. The van der Waals surface area contributed by atoms with Gasteiger partial charge < -0.3 is 9.51 Å². The molecule has 0 bridgehead atoms. The fraction of sp³-hybridized carbons (Fsp3) is 0.300. The molecular weight excluding hydrogens is 394 g/mol. The molecule has 3 heterocycles. The molecule has 1 aromatic carbocycles. The number of imidazole rings is 1. The van der Waals surface area contributed by atoms with Crippen molar-refractivity contribution < 1.29 is 9.90 Å². The normalized spacial score (nSPS) is 20.0. The van der Waals surface area contributed by atoms with E-state index in [1.165, 1.54) is 0 Å². The number of likely N-dealkylation sites (tertiary alicyclic amines) is 1. The van der Waals surface area contributed by atoms with Crippen LogP contribution in [0.5, 0.6) is 0 Å². The molecule has 1 aliphatic heterocycles. The lowest BCUT2D eigenvalue weighted by molar-refractivity contribution is 0.0985. The van der Waals surface area contributed by atoms with Crippen LogP contribution in [0.2, 0.25) is 0 Å². The highest BCUT2D eigenvalue weighted by Gasteiger charge is 2.47. The minimum absolute atomic E-state index is 0.538. The second-order valence-electron chi connectivity index (χ2n) is 6.90. The highest BCUT2D eigenvalue weighted by atomic mass is 79.9. The second-order valence-corrected chi connectivity index (χ2v) is 7.69. The molecule has 6 heteroatoms. The van der Waals surface area contributed by atoms with Gasteiger partial charge in [-0.2, -0.15) is 0 Å². The highest BCUT2D eigenvalue weighted by molar-refractivity contribution is 9.10. The summed E-state index contributed by atoms with van der Waals surface area (Å²) in [5, 5.41) is 9.84. The number of aryl methyl sites for hydroxylation is 1. The molecule has 0 spiro atoms. The molecule has 0 radical (unpaired) electrons. The van der Waals surface area contributed by atoms with E-state index in [1.54, 1.807) is 4.90 Å². The van der Waals surface area contributed by atoms with Crippen LogP contribution in [0.4, 0.5) is 4.79 Å². The lowest BCUT2D eigenvalue weighted by Gasteiger charge is -2.35. The van der Waals surface area contributed by atoms with Gasteiger partial charge in [-0.3, -0.25) is 4.90 Å². The van der Waals surface area contributed by atoms with Crippen LogP contribution in [0.1, 0.15) is 29.7 Å². The SMILES string of the molecule is Cc1ccn2cc([C@@]3(Cc4ccccc4)CCCN3C(=O)O)nc2c1Br. The molecule has 26 heavy (non-hydrogen) atoms. The number of carboxylic acid groups (broad SMARTS) is 1. The topological polar surface area (TPSA) is 57.8 Å². The third-order valence-corrected chi connectivity index (χ3v) is 6.28. The molecule has 1 N–H and O–H groups in total. The van der Waals surface area contributed by atoms with Gasteiger partial charge in [0.1, 0.15) is 0 Å². The fourth-order valence-corrected chi connectivity index (χ4v) is 4.39. The summed E-state index contributed by atoms with van der Waals surface area (Å²) in [5.74, 6) is 0. The van der Waals surface area contributed by atoms with Crippen molar-refractivity contribution in [1.29, 1.82) is 0 Å². The number of carbonyl (C=O) groups is 1. The molecule has 0 unspecified atom stereocenters. The van der Waals surface area contributed by atoms with Gasteiger partial charge in [0.25, 0.3) is 0 Å². The molecule has 134 valence electrons. The standard InChI is InChI=1S/C20H20BrN3O2/c1-14-8-11-23-13-16(22-18(23)17(14)21)20(9-5-10-24(20)19(25)26)12-15-6-3-2-4-7-15/h2-4,6-8,11,13H,5,9-10,12H2,1H3,(H,25,26)/t20-/m0/s1. The van der Waals surface area contributed by atoms with Gasteiger partial charge in [0.15, 0.2) is 5.65 Å². The first-order valence-electron chi connectivity index (χ1n) is 8.70. The molecule has 1 fully saturated rings. The molecular formula is C20H20BrN3O2. The maximum Gasteiger partial charge on any atom is 0.408 e. The van der Waals surface area contributed by atoms with E-state index in [0.29, 0.717) is 13.0 Å². The number of aromatic nitrogens is 2. The van der Waals surface area contributed by atoms with Crippen molar-refractivity contribution in [2.75, 3.05) is 6.54 Å². The van der Waals surface area contributed by atoms with Crippen molar-refractivity contribution in [2.45, 2.75) is 31.7 Å². The zero-order chi connectivity index (χ0) is 18.3. The zero-order valence-corrected chi connectivity index (χ0v) is 16.1. The van der Waals surface area contributed by atoms with E-state index in [-0.39, 0.29) is 0 Å². The largest absolute Gasteiger partial charge is 0.465 e. The van der Waals surface area contributed by atoms with Crippen molar-refractivity contribution in [2.24, 2.45) is 0 Å². The van der Waals surface area contributed by atoms with Crippen molar-refractivity contribution in [1.82, 2.24) is 14.3 Å². The number of rotatable bonds is 3. The molecule has 0 aliphatic carbocycles. The number of halogens is 1. The Morgan fingerprint density at radius 1 is 1.31 bits per heavy atom. The van der Waals surface area contributed by atoms with Gasteiger partial charge in [0.05, 0.1) is 15.7 Å². The fourth-order valence-electron chi connectivity index (χ4n) is 3.97. The molecule has 1 aliphatic rings. The number of pyridine rings is 1. The van der Waals surface area contributed by atoms with Gasteiger partial charge >= 0.3 is 6.09 Å². The molecule has 3 aromatic rings. The Morgan fingerprint density at radius 3 is 2.81 bits per heavy atom. The number of benzene rings is 1. The van der Waals surface area contributed by atoms with E-state index in [2.05, 4.69) is 28.1 Å². The van der Waals surface area contributed by atoms with Crippen LogP contribution in [-0.4, -0.2) is 32.0 Å². The average molecular weight is 414 g/mol. The lowest BCUT2D eigenvalue weighted by Crippen LogP contribution is -2.46. The van der Waals surface area contributed by atoms with Crippen molar-refractivity contribution in [3.8, 4) is 0 Å². The third kappa shape index (κ3) is 2.69. The smallest absolute Gasteiger partial charge is 0.408 e. The van der Waals surface area contributed by atoms with E-state index in [4.69, 9.17) is 4.98 Å².